The van der Waals surface area contributed by atoms with Crippen molar-refractivity contribution >= 4 is 0 Å². The smallest absolute Gasteiger partial charge is 0.119 e. The number of aromatic nitrogens is 1. The minimum Gasteiger partial charge on any atom is -0.491 e. The van der Waals surface area contributed by atoms with Gasteiger partial charge in [-0.2, -0.15) is 0 Å². The molecule has 4 nitrogen and oxygen atoms in total. The van der Waals surface area contributed by atoms with Crippen molar-refractivity contribution in [1.82, 2.24) is 4.98 Å². The van der Waals surface area contributed by atoms with Crippen LogP contribution in [0.2, 0.25) is 0 Å². The van der Waals surface area contributed by atoms with Crippen molar-refractivity contribution in [2.75, 3.05) is 13.2 Å². The predicted molar refractivity (Wildman–Crippen MR) is 86.7 cm³/mol. The highest BCUT2D eigenvalue weighted by Crippen LogP contribution is 2.32. The second kappa shape index (κ2) is 6.90. The maximum absolute atomic E-state index is 10.4. The van der Waals surface area contributed by atoms with Gasteiger partial charge in [0.1, 0.15) is 18.5 Å². The van der Waals surface area contributed by atoms with E-state index in [1.54, 1.807) is 0 Å². The van der Waals surface area contributed by atoms with Crippen LogP contribution in [0.3, 0.4) is 0 Å². The maximum Gasteiger partial charge on any atom is 0.119 e. The summed E-state index contributed by atoms with van der Waals surface area (Å²) >= 11 is 0. The van der Waals surface area contributed by atoms with E-state index in [1.807, 2.05) is 63.2 Å². The lowest BCUT2D eigenvalue weighted by Crippen LogP contribution is -2.19. The largest absolute Gasteiger partial charge is 0.491 e. The zero-order valence-electron chi connectivity index (χ0n) is 13.3. The molecule has 2 N–H and O–H groups in total. The van der Waals surface area contributed by atoms with Crippen LogP contribution in [0.15, 0.2) is 42.5 Å². The van der Waals surface area contributed by atoms with Crippen molar-refractivity contribution in [1.29, 1.82) is 0 Å². The van der Waals surface area contributed by atoms with Crippen LogP contribution in [0.25, 0.3) is 11.3 Å². The van der Waals surface area contributed by atoms with Crippen molar-refractivity contribution in [3.05, 3.63) is 48.2 Å². The lowest BCUT2D eigenvalue weighted by molar-refractivity contribution is 0.0590. The van der Waals surface area contributed by atoms with Gasteiger partial charge in [0.15, 0.2) is 0 Å². The summed E-state index contributed by atoms with van der Waals surface area (Å²) < 4.78 is 5.34. The van der Waals surface area contributed by atoms with Gasteiger partial charge in [0.2, 0.25) is 0 Å². The van der Waals surface area contributed by atoms with Crippen LogP contribution < -0.4 is 4.74 Å². The highest BCUT2D eigenvalue weighted by Gasteiger charge is 2.25. The molecule has 0 spiro atoms. The third kappa shape index (κ3) is 4.06. The zero-order valence-corrected chi connectivity index (χ0v) is 13.3. The van der Waals surface area contributed by atoms with Crippen molar-refractivity contribution in [2.45, 2.75) is 26.9 Å². The molecule has 0 aliphatic carbocycles. The van der Waals surface area contributed by atoms with E-state index in [4.69, 9.17) is 9.84 Å². The lowest BCUT2D eigenvalue weighted by atomic mass is 9.87. The Bertz CT molecular complexity index is 602. The fourth-order valence-corrected chi connectivity index (χ4v) is 2.09. The molecule has 1 aromatic carbocycles. The Morgan fingerprint density at radius 2 is 1.77 bits per heavy atom. The molecular weight excluding hydrogens is 278 g/mol. The van der Waals surface area contributed by atoms with E-state index in [9.17, 15) is 5.11 Å². The molecule has 1 heterocycles. The molecule has 0 radical (unpaired) electrons. The summed E-state index contributed by atoms with van der Waals surface area (Å²) in [4.78, 5) is 4.57. The van der Waals surface area contributed by atoms with Crippen LogP contribution in [0.4, 0.5) is 0 Å². The molecule has 0 aliphatic heterocycles. The summed E-state index contributed by atoms with van der Waals surface area (Å²) in [5, 5.41) is 19.1. The quantitative estimate of drug-likeness (QED) is 0.890. The number of nitrogens with zero attached hydrogens (tertiary/aromatic N) is 1. The Labute approximate surface area is 131 Å². The normalized spacial score (nSPS) is 13.0. The van der Waals surface area contributed by atoms with Crippen LogP contribution >= 0.6 is 0 Å². The summed E-state index contributed by atoms with van der Waals surface area (Å²) in [6, 6.07) is 13.2. The van der Waals surface area contributed by atoms with E-state index in [-0.39, 0.29) is 18.6 Å². The molecule has 0 saturated carbocycles. The van der Waals surface area contributed by atoms with Gasteiger partial charge in [-0.05, 0) is 41.8 Å². The number of hydrogen-bond acceptors (Lipinski definition) is 4. The fraction of sp³-hybridized carbons (Fsp3) is 0.389. The van der Waals surface area contributed by atoms with Gasteiger partial charge in [0, 0.05) is 5.56 Å². The van der Waals surface area contributed by atoms with Crippen LogP contribution in [0, 0.1) is 5.41 Å². The van der Waals surface area contributed by atoms with E-state index in [1.165, 1.54) is 0 Å². The first-order valence-electron chi connectivity index (χ1n) is 7.41. The molecule has 4 heteroatoms. The first-order valence-corrected chi connectivity index (χ1v) is 7.41. The Morgan fingerprint density at radius 1 is 1.09 bits per heavy atom. The Morgan fingerprint density at radius 3 is 2.36 bits per heavy atom. The molecule has 22 heavy (non-hydrogen) atoms. The van der Waals surface area contributed by atoms with E-state index in [0.29, 0.717) is 11.4 Å². The second-order valence-electron chi connectivity index (χ2n) is 6.31. The summed E-state index contributed by atoms with van der Waals surface area (Å²) in [5.41, 5.74) is 2.19. The Kier molecular flexibility index (Phi) is 5.16. The third-order valence-electron chi connectivity index (χ3n) is 3.38. The summed E-state index contributed by atoms with van der Waals surface area (Å²) in [5.74, 6) is 0.712. The highest BCUT2D eigenvalue weighted by atomic mass is 16.5. The average molecular weight is 301 g/mol. The number of pyridine rings is 1. The van der Waals surface area contributed by atoms with Gasteiger partial charge in [0.25, 0.3) is 0 Å². The molecule has 0 unspecified atom stereocenters. The van der Waals surface area contributed by atoms with E-state index in [0.717, 1.165) is 11.3 Å². The van der Waals surface area contributed by atoms with E-state index in [2.05, 4.69) is 4.98 Å². The van der Waals surface area contributed by atoms with Crippen LogP contribution in [0.5, 0.6) is 5.75 Å². The average Bonchev–Trinajstić information content (AvgIpc) is 2.52. The Balaban J connectivity index is 2.22. The molecule has 118 valence electrons. The molecule has 0 saturated heterocycles. The van der Waals surface area contributed by atoms with Crippen LogP contribution in [-0.2, 0) is 0 Å². The first kappa shape index (κ1) is 16.5. The summed E-state index contributed by atoms with van der Waals surface area (Å²) in [6.45, 7) is 6.23. The van der Waals surface area contributed by atoms with Crippen molar-refractivity contribution in [3.63, 3.8) is 0 Å². The molecule has 2 rings (SSSR count). The predicted octanol–water partition coefficient (Wildman–Crippen LogP) is 3.20. The summed E-state index contributed by atoms with van der Waals surface area (Å²) in [6.07, 6.45) is -0.611. The van der Waals surface area contributed by atoms with Crippen molar-refractivity contribution < 1.29 is 14.9 Å². The van der Waals surface area contributed by atoms with Gasteiger partial charge in [-0.15, -0.1) is 0 Å². The zero-order chi connectivity index (χ0) is 16.2. The molecule has 2 aromatic rings. The lowest BCUT2D eigenvalue weighted by Gasteiger charge is -2.25. The first-order chi connectivity index (χ1) is 10.4. The number of benzene rings is 1. The summed E-state index contributed by atoms with van der Waals surface area (Å²) in [7, 11) is 0. The second-order valence-corrected chi connectivity index (χ2v) is 6.31. The van der Waals surface area contributed by atoms with Gasteiger partial charge in [0.05, 0.1) is 18.0 Å². The van der Waals surface area contributed by atoms with Crippen LogP contribution in [-0.4, -0.2) is 28.4 Å². The van der Waals surface area contributed by atoms with Gasteiger partial charge in [-0.25, -0.2) is 0 Å². The molecule has 0 amide bonds. The fourth-order valence-electron chi connectivity index (χ4n) is 2.09. The number of aliphatic hydroxyl groups is 2. The van der Waals surface area contributed by atoms with Crippen LogP contribution in [0.1, 0.15) is 32.6 Å². The number of aliphatic hydroxyl groups excluding tert-OH is 2. The number of rotatable bonds is 5. The SMILES string of the molecule is CC(C)(C)[C@@H](O)c1cccc(-c2ccc(OCCO)cc2)n1. The van der Waals surface area contributed by atoms with Crippen molar-refractivity contribution in [3.8, 4) is 17.0 Å². The topological polar surface area (TPSA) is 62.6 Å². The molecule has 1 atom stereocenters. The van der Waals surface area contributed by atoms with E-state index >= 15 is 0 Å². The standard InChI is InChI=1S/C18H23NO3/c1-18(2,3)17(21)16-6-4-5-15(19-16)13-7-9-14(10-8-13)22-12-11-20/h4-10,17,20-21H,11-12H2,1-3H3/t17-/m0/s1. The minimum atomic E-state index is -0.611. The monoisotopic (exact) mass is 301 g/mol. The highest BCUT2D eigenvalue weighted by molar-refractivity contribution is 5.60. The number of hydrogen-bond donors (Lipinski definition) is 2. The van der Waals surface area contributed by atoms with Gasteiger partial charge < -0.3 is 14.9 Å². The van der Waals surface area contributed by atoms with Crippen molar-refractivity contribution in [2.24, 2.45) is 5.41 Å². The van der Waals surface area contributed by atoms with E-state index < -0.39 is 6.10 Å². The third-order valence-corrected chi connectivity index (χ3v) is 3.38. The van der Waals surface area contributed by atoms with Gasteiger partial charge in [-0.3, -0.25) is 4.98 Å². The number of ether oxygens (including phenoxy) is 1. The molecule has 0 fully saturated rings. The molecule has 1 aromatic heterocycles. The molecular formula is C18H23NO3. The Hall–Kier alpha value is -1.91. The minimum absolute atomic E-state index is 0.00392. The molecule has 0 bridgehead atoms. The van der Waals surface area contributed by atoms with Gasteiger partial charge >= 0.3 is 0 Å². The maximum atomic E-state index is 10.4. The van der Waals surface area contributed by atoms with Gasteiger partial charge in [-0.1, -0.05) is 26.8 Å². The molecule has 0 aliphatic rings.